The minimum absolute atomic E-state index is 0. The number of carbonyl (C=O) groups excluding carboxylic acids is 8. The van der Waals surface area contributed by atoms with Crippen LogP contribution in [-0.2, 0) is 51.2 Å². The van der Waals surface area contributed by atoms with E-state index in [2.05, 4.69) is 37.2 Å². The van der Waals surface area contributed by atoms with Gasteiger partial charge in [-0.05, 0) is 91.1 Å². The van der Waals surface area contributed by atoms with Gasteiger partial charge in [-0.1, -0.05) is 97.1 Å². The third-order valence-corrected chi connectivity index (χ3v) is 11.2. The highest BCUT2D eigenvalue weighted by Gasteiger charge is 2.39. The second kappa shape index (κ2) is 23.3. The molecule has 0 saturated heterocycles. The number of carboxylic acids is 1. The molecule has 18 nitrogen and oxygen atoms in total. The highest BCUT2D eigenvalue weighted by molar-refractivity contribution is 6.09. The highest BCUT2D eigenvalue weighted by atomic mass is 16.4. The van der Waals surface area contributed by atoms with Crippen LogP contribution in [0.1, 0.15) is 96.3 Å². The van der Waals surface area contributed by atoms with Gasteiger partial charge in [0.05, 0.1) is 5.54 Å². The van der Waals surface area contributed by atoms with E-state index in [0.717, 1.165) is 16.3 Å². The molecular formula is C51H64BN8O10. The van der Waals surface area contributed by atoms with E-state index < -0.39 is 93.6 Å². The zero-order chi connectivity index (χ0) is 51.6. The molecule has 0 heterocycles. The third-order valence-electron chi connectivity index (χ3n) is 11.2. The standard InChI is InChI=1S/C51H64N8O10.B/c1-29(53-45(67)49(5,6)59-42(63)38(55-44(66)48(3,4)52)28-32-22-23-33-16-14-15-19-36(33)26-32)40(61)57-51(9,10)47(69)56-37(41(62)58-50(7,8)46(68)54-30(2)43(64)65)27-31-20-24-35(25-21-31)39(60)34-17-12-11-13-18-34;/h11-26,29-30,37-38H,27-28,52H2,1-10H3,(H,53,67)(H,54,68)(H,55,66)(H,56,69)(H,57,61)(H,58,62)(H,59,63)(H,64,65);. The van der Waals surface area contributed by atoms with Crippen LogP contribution in [-0.4, -0.2) is 113 Å². The first kappa shape index (κ1) is 56.9. The maximum atomic E-state index is 14.0. The number of benzene rings is 4. The Kier molecular flexibility index (Phi) is 18.9. The second-order valence-corrected chi connectivity index (χ2v) is 19.3. The van der Waals surface area contributed by atoms with Crippen molar-refractivity contribution in [1.29, 1.82) is 0 Å². The molecule has 0 aliphatic rings. The molecule has 3 radical (unpaired) electrons. The molecule has 4 atom stereocenters. The summed E-state index contributed by atoms with van der Waals surface area (Å²) in [6.45, 7) is 13.9. The molecule has 7 amide bonds. The molecule has 4 unspecified atom stereocenters. The van der Waals surface area contributed by atoms with Crippen molar-refractivity contribution in [2.24, 2.45) is 5.73 Å². The number of amides is 7. The second-order valence-electron chi connectivity index (χ2n) is 19.3. The average molecular weight is 960 g/mol. The van der Waals surface area contributed by atoms with Crippen LogP contribution in [0.5, 0.6) is 0 Å². The van der Waals surface area contributed by atoms with Crippen molar-refractivity contribution in [3.63, 3.8) is 0 Å². The zero-order valence-electron chi connectivity index (χ0n) is 41.2. The van der Waals surface area contributed by atoms with E-state index >= 15 is 0 Å². The van der Waals surface area contributed by atoms with Crippen LogP contribution in [0.3, 0.4) is 0 Å². The molecule has 0 bridgehead atoms. The summed E-state index contributed by atoms with van der Waals surface area (Å²) in [4.78, 5) is 120. The Morgan fingerprint density at radius 1 is 0.486 bits per heavy atom. The Morgan fingerprint density at radius 2 is 0.886 bits per heavy atom. The van der Waals surface area contributed by atoms with Gasteiger partial charge in [0.2, 0.25) is 41.4 Å². The Bertz CT molecular complexity index is 2590. The van der Waals surface area contributed by atoms with Crippen molar-refractivity contribution in [1.82, 2.24) is 37.2 Å². The number of carbonyl (C=O) groups is 9. The van der Waals surface area contributed by atoms with Gasteiger partial charge in [0.15, 0.2) is 5.78 Å². The van der Waals surface area contributed by atoms with Crippen molar-refractivity contribution in [2.75, 3.05) is 0 Å². The van der Waals surface area contributed by atoms with E-state index in [1.54, 1.807) is 54.6 Å². The fraction of sp³-hybridized carbons (Fsp3) is 0.392. The van der Waals surface area contributed by atoms with Gasteiger partial charge in [-0.15, -0.1) is 0 Å². The summed E-state index contributed by atoms with van der Waals surface area (Å²) < 4.78 is 0. The number of fused-ring (bicyclic) bond motifs is 1. The predicted molar refractivity (Wildman–Crippen MR) is 265 cm³/mol. The molecule has 4 rings (SSSR count). The maximum absolute atomic E-state index is 14.0. The Hall–Kier alpha value is -7.41. The number of hydrogen-bond donors (Lipinski definition) is 9. The van der Waals surface area contributed by atoms with Crippen LogP contribution in [0.4, 0.5) is 0 Å². The molecule has 70 heavy (non-hydrogen) atoms. The fourth-order valence-corrected chi connectivity index (χ4v) is 6.75. The normalized spacial score (nSPS) is 13.4. The van der Waals surface area contributed by atoms with Crippen molar-refractivity contribution in [2.45, 2.75) is 128 Å². The molecular weight excluding hydrogens is 895 g/mol. The summed E-state index contributed by atoms with van der Waals surface area (Å²) in [5, 5.41) is 29.3. The molecule has 0 aliphatic heterocycles. The number of carboxylic acid groups (broad SMARTS) is 1. The van der Waals surface area contributed by atoms with E-state index in [-0.39, 0.29) is 27.0 Å². The first-order chi connectivity index (χ1) is 32.0. The summed E-state index contributed by atoms with van der Waals surface area (Å²) in [5.74, 6) is -6.86. The van der Waals surface area contributed by atoms with Gasteiger partial charge in [-0.25, -0.2) is 0 Å². The van der Waals surface area contributed by atoms with Crippen molar-refractivity contribution < 1.29 is 48.3 Å². The van der Waals surface area contributed by atoms with Crippen LogP contribution in [0.15, 0.2) is 97.1 Å². The summed E-state index contributed by atoms with van der Waals surface area (Å²) in [6, 6.07) is 23.2. The molecule has 4 aromatic rings. The van der Waals surface area contributed by atoms with Crippen LogP contribution in [0.25, 0.3) is 10.8 Å². The molecule has 0 aliphatic carbocycles. The summed E-state index contributed by atoms with van der Waals surface area (Å²) in [6.07, 6.45) is -0.0788. The van der Waals surface area contributed by atoms with E-state index in [9.17, 15) is 48.3 Å². The first-order valence-corrected chi connectivity index (χ1v) is 22.4. The maximum Gasteiger partial charge on any atom is 0.325 e. The monoisotopic (exact) mass is 959 g/mol. The van der Waals surface area contributed by atoms with Crippen LogP contribution in [0.2, 0.25) is 0 Å². The van der Waals surface area contributed by atoms with Gasteiger partial charge in [0.1, 0.15) is 40.8 Å². The molecule has 0 saturated carbocycles. The molecule has 0 aromatic heterocycles. The molecule has 0 spiro atoms. The predicted octanol–water partition coefficient (Wildman–Crippen LogP) is 1.96. The quantitative estimate of drug-likeness (QED) is 0.0430. The van der Waals surface area contributed by atoms with E-state index in [1.807, 2.05) is 42.5 Å². The smallest absolute Gasteiger partial charge is 0.325 e. The summed E-state index contributed by atoms with van der Waals surface area (Å²) in [5.41, 5.74) is 1.79. The van der Waals surface area contributed by atoms with Gasteiger partial charge >= 0.3 is 5.97 Å². The lowest BCUT2D eigenvalue weighted by Gasteiger charge is -2.32. The number of hydrogen-bond acceptors (Lipinski definition) is 10. The van der Waals surface area contributed by atoms with Crippen molar-refractivity contribution in [3.05, 3.63) is 119 Å². The lowest BCUT2D eigenvalue weighted by Crippen LogP contribution is -2.65. The SMILES string of the molecule is CC(NC(=O)C(C)(C)NC(=O)C(Cc1ccc(C(=O)c2ccccc2)cc1)NC(=O)C(C)(C)NC(=O)C(C)NC(=O)C(C)(C)NC(=O)C(Cc1ccc2ccccc2c1)NC(=O)C(C)(C)N)C(=O)O.[B]. The summed E-state index contributed by atoms with van der Waals surface area (Å²) >= 11 is 0. The van der Waals surface area contributed by atoms with E-state index in [1.165, 1.54) is 69.2 Å². The topological polar surface area (TPSA) is 284 Å². The van der Waals surface area contributed by atoms with E-state index in [0.29, 0.717) is 16.7 Å². The Morgan fingerprint density at radius 3 is 1.39 bits per heavy atom. The summed E-state index contributed by atoms with van der Waals surface area (Å²) in [7, 11) is 0. The molecule has 0 fully saturated rings. The number of ketones is 1. The Labute approximate surface area is 410 Å². The molecule has 371 valence electrons. The minimum Gasteiger partial charge on any atom is -0.480 e. The first-order valence-electron chi connectivity index (χ1n) is 22.4. The fourth-order valence-electron chi connectivity index (χ4n) is 6.75. The van der Waals surface area contributed by atoms with Crippen LogP contribution in [0, 0.1) is 0 Å². The number of nitrogens with one attached hydrogen (secondary N) is 7. The van der Waals surface area contributed by atoms with Gasteiger partial charge in [-0.3, -0.25) is 43.2 Å². The van der Waals surface area contributed by atoms with Crippen LogP contribution < -0.4 is 43.0 Å². The van der Waals surface area contributed by atoms with Gasteiger partial charge in [0, 0.05) is 32.4 Å². The van der Waals surface area contributed by atoms with Crippen LogP contribution >= 0.6 is 0 Å². The van der Waals surface area contributed by atoms with Gasteiger partial charge in [-0.2, -0.15) is 0 Å². The van der Waals surface area contributed by atoms with Crippen molar-refractivity contribution >= 4 is 72.3 Å². The molecule has 19 heteroatoms. The lowest BCUT2D eigenvalue weighted by molar-refractivity contribution is -0.142. The zero-order valence-corrected chi connectivity index (χ0v) is 41.2. The largest absolute Gasteiger partial charge is 0.480 e. The van der Waals surface area contributed by atoms with Gasteiger partial charge in [0.25, 0.3) is 0 Å². The number of aliphatic carboxylic acids is 1. The highest BCUT2D eigenvalue weighted by Crippen LogP contribution is 2.19. The Balaban J connectivity index is 0.0000130. The number of nitrogens with two attached hydrogens (primary N) is 1. The van der Waals surface area contributed by atoms with Crippen molar-refractivity contribution in [3.8, 4) is 0 Å². The third kappa shape index (κ3) is 15.6. The minimum atomic E-state index is -1.72. The van der Waals surface area contributed by atoms with Gasteiger partial charge < -0.3 is 48.1 Å². The molecule has 10 N–H and O–H groups in total. The number of rotatable bonds is 21. The van der Waals surface area contributed by atoms with E-state index in [4.69, 9.17) is 5.73 Å². The average Bonchev–Trinajstić information content (AvgIpc) is 3.27. The molecule has 4 aromatic carbocycles. The lowest BCUT2D eigenvalue weighted by atomic mass is 9.97.